The maximum Gasteiger partial charge on any atom is 0.341 e. The van der Waals surface area contributed by atoms with Gasteiger partial charge in [0.05, 0.1) is 19.2 Å². The van der Waals surface area contributed by atoms with Gasteiger partial charge >= 0.3 is 5.97 Å². The Morgan fingerprint density at radius 1 is 1.45 bits per heavy atom. The molecule has 0 amide bonds. The van der Waals surface area contributed by atoms with Crippen molar-refractivity contribution in [1.82, 2.24) is 0 Å². The van der Waals surface area contributed by atoms with E-state index in [4.69, 9.17) is 16.3 Å². The number of aromatic hydroxyl groups is 1. The summed E-state index contributed by atoms with van der Waals surface area (Å²) in [6.07, 6.45) is 2.49. The predicted molar refractivity (Wildman–Crippen MR) is 74.5 cm³/mol. The van der Waals surface area contributed by atoms with Crippen LogP contribution < -0.4 is 4.74 Å². The fraction of sp³-hybridized carbons (Fsp3) is 0.286. The molecule has 0 saturated heterocycles. The molecule has 1 aromatic carbocycles. The zero-order chi connectivity index (χ0) is 15.3. The molecule has 0 spiro atoms. The molecule has 0 unspecified atom stereocenters. The van der Waals surface area contributed by atoms with Crippen LogP contribution in [0, 0.1) is 0 Å². The maximum atomic E-state index is 11.6. The number of benzene rings is 1. The van der Waals surface area contributed by atoms with E-state index in [2.05, 4.69) is 4.74 Å². The minimum atomic E-state index is -0.704. The number of ether oxygens (including phenoxy) is 2. The van der Waals surface area contributed by atoms with Crippen LogP contribution in [0.2, 0.25) is 5.02 Å². The lowest BCUT2D eigenvalue weighted by Crippen LogP contribution is -2.05. The molecule has 1 rings (SSSR count). The average molecular weight is 299 g/mol. The summed E-state index contributed by atoms with van der Waals surface area (Å²) >= 11 is 6.02. The number of phenolic OH excluding ortho intramolecular Hbond substituents is 1. The monoisotopic (exact) mass is 298 g/mol. The van der Waals surface area contributed by atoms with Crippen LogP contribution >= 0.6 is 11.6 Å². The number of hydrogen-bond acceptors (Lipinski definition) is 5. The second-order valence-electron chi connectivity index (χ2n) is 4.03. The van der Waals surface area contributed by atoms with Crippen molar-refractivity contribution >= 4 is 23.9 Å². The molecule has 0 aliphatic rings. The summed E-state index contributed by atoms with van der Waals surface area (Å²) in [5.41, 5.74) is 0.762. The first-order valence-corrected chi connectivity index (χ1v) is 6.12. The van der Waals surface area contributed by atoms with Crippen molar-refractivity contribution < 1.29 is 24.2 Å². The van der Waals surface area contributed by atoms with E-state index in [1.165, 1.54) is 20.3 Å². The smallest absolute Gasteiger partial charge is 0.341 e. The maximum absolute atomic E-state index is 11.6. The quantitative estimate of drug-likeness (QED) is 0.514. The molecule has 0 aliphatic carbocycles. The van der Waals surface area contributed by atoms with Crippen LogP contribution in [0.15, 0.2) is 17.7 Å². The third kappa shape index (κ3) is 3.30. The van der Waals surface area contributed by atoms with Gasteiger partial charge in [-0.1, -0.05) is 17.7 Å². The van der Waals surface area contributed by atoms with Crippen molar-refractivity contribution in [3.05, 3.63) is 33.9 Å². The van der Waals surface area contributed by atoms with E-state index in [-0.39, 0.29) is 28.5 Å². The van der Waals surface area contributed by atoms with E-state index in [0.29, 0.717) is 17.4 Å². The molecule has 0 atom stereocenters. The molecular formula is C14H15ClO5. The Morgan fingerprint density at radius 2 is 2.10 bits per heavy atom. The number of allylic oxidation sites excluding steroid dienone is 2. The molecule has 0 bridgehead atoms. The van der Waals surface area contributed by atoms with Gasteiger partial charge in [-0.25, -0.2) is 4.79 Å². The predicted octanol–water partition coefficient (Wildman–Crippen LogP) is 2.53. The van der Waals surface area contributed by atoms with Gasteiger partial charge in [0.2, 0.25) is 0 Å². The van der Waals surface area contributed by atoms with Crippen LogP contribution in [0.1, 0.15) is 22.8 Å². The number of carbonyl (C=O) groups excluding carboxylic acids is 2. The van der Waals surface area contributed by atoms with Crippen LogP contribution in [-0.2, 0) is 16.0 Å². The van der Waals surface area contributed by atoms with Crippen molar-refractivity contribution in [2.75, 3.05) is 14.2 Å². The van der Waals surface area contributed by atoms with E-state index in [1.807, 2.05) is 0 Å². The summed E-state index contributed by atoms with van der Waals surface area (Å²) in [6.45, 7) is 1.63. The molecule has 108 valence electrons. The fourth-order valence-corrected chi connectivity index (χ4v) is 1.96. The van der Waals surface area contributed by atoms with Crippen LogP contribution in [-0.4, -0.2) is 31.6 Å². The Kier molecular flexibility index (Phi) is 5.58. The zero-order valence-electron chi connectivity index (χ0n) is 11.4. The van der Waals surface area contributed by atoms with Gasteiger partial charge in [0.25, 0.3) is 0 Å². The number of rotatable bonds is 5. The molecule has 6 heteroatoms. The van der Waals surface area contributed by atoms with Crippen molar-refractivity contribution in [3.63, 3.8) is 0 Å². The first-order chi connectivity index (χ1) is 9.46. The number of halogens is 1. The fourth-order valence-electron chi connectivity index (χ4n) is 1.66. The number of aldehydes is 1. The lowest BCUT2D eigenvalue weighted by molar-refractivity contribution is -0.104. The highest BCUT2D eigenvalue weighted by Crippen LogP contribution is 2.38. The van der Waals surface area contributed by atoms with Crippen molar-refractivity contribution in [3.8, 4) is 11.5 Å². The molecule has 0 fully saturated rings. The highest BCUT2D eigenvalue weighted by atomic mass is 35.5. The van der Waals surface area contributed by atoms with Crippen molar-refractivity contribution in [1.29, 1.82) is 0 Å². The number of esters is 1. The Morgan fingerprint density at radius 3 is 2.60 bits per heavy atom. The van der Waals surface area contributed by atoms with Crippen molar-refractivity contribution in [2.45, 2.75) is 13.3 Å². The summed E-state index contributed by atoms with van der Waals surface area (Å²) in [6, 6.07) is 1.28. The van der Waals surface area contributed by atoms with E-state index in [0.717, 1.165) is 0 Å². The van der Waals surface area contributed by atoms with E-state index in [9.17, 15) is 14.7 Å². The summed E-state index contributed by atoms with van der Waals surface area (Å²) in [5.74, 6) is -0.718. The summed E-state index contributed by atoms with van der Waals surface area (Å²) in [5, 5.41) is 10.3. The van der Waals surface area contributed by atoms with Gasteiger partial charge in [0, 0.05) is 5.56 Å². The SMILES string of the molecule is COC(=O)c1cc(Cl)c(OC)c(C/C=C(\C)C=O)c1O. The summed E-state index contributed by atoms with van der Waals surface area (Å²) in [4.78, 5) is 22.2. The molecule has 5 nitrogen and oxygen atoms in total. The van der Waals surface area contributed by atoms with Gasteiger partial charge < -0.3 is 14.6 Å². The van der Waals surface area contributed by atoms with Gasteiger partial charge in [-0.3, -0.25) is 4.79 Å². The normalized spacial score (nSPS) is 11.1. The molecule has 0 aliphatic heterocycles. The minimum Gasteiger partial charge on any atom is -0.507 e. The Balaban J connectivity index is 3.41. The third-order valence-electron chi connectivity index (χ3n) is 2.73. The molecular weight excluding hydrogens is 284 g/mol. The van der Waals surface area contributed by atoms with Crippen LogP contribution in [0.25, 0.3) is 0 Å². The second kappa shape index (κ2) is 6.96. The number of hydrogen-bond donors (Lipinski definition) is 1. The molecule has 0 aromatic heterocycles. The Bertz CT molecular complexity index is 563. The second-order valence-corrected chi connectivity index (χ2v) is 4.44. The van der Waals surface area contributed by atoms with Gasteiger partial charge in [-0.15, -0.1) is 0 Å². The molecule has 0 saturated carbocycles. The van der Waals surface area contributed by atoms with Gasteiger partial charge in [0.15, 0.2) is 0 Å². The number of carbonyl (C=O) groups is 2. The summed E-state index contributed by atoms with van der Waals surface area (Å²) < 4.78 is 9.71. The summed E-state index contributed by atoms with van der Waals surface area (Å²) in [7, 11) is 2.61. The molecule has 20 heavy (non-hydrogen) atoms. The Hall–Kier alpha value is -2.01. The third-order valence-corrected chi connectivity index (χ3v) is 3.01. The topological polar surface area (TPSA) is 72.8 Å². The molecule has 1 N–H and O–H groups in total. The zero-order valence-corrected chi connectivity index (χ0v) is 12.2. The first kappa shape index (κ1) is 16.0. The van der Waals surface area contributed by atoms with Crippen LogP contribution in [0.4, 0.5) is 0 Å². The standard InChI is InChI=1S/C14H15ClO5/c1-8(7-16)4-5-9-12(17)10(14(18)20-3)6-11(15)13(9)19-2/h4,6-7,17H,5H2,1-3H3/b8-4+. The van der Waals surface area contributed by atoms with E-state index >= 15 is 0 Å². The van der Waals surface area contributed by atoms with Gasteiger partial charge in [-0.05, 0) is 25.0 Å². The largest absolute Gasteiger partial charge is 0.507 e. The number of phenols is 1. The lowest BCUT2D eigenvalue weighted by Gasteiger charge is -2.14. The van der Waals surface area contributed by atoms with Crippen LogP contribution in [0.5, 0.6) is 11.5 Å². The average Bonchev–Trinajstić information content (AvgIpc) is 2.46. The van der Waals surface area contributed by atoms with Gasteiger partial charge in [0.1, 0.15) is 23.3 Å². The first-order valence-electron chi connectivity index (χ1n) is 5.74. The van der Waals surface area contributed by atoms with Gasteiger partial charge in [-0.2, -0.15) is 0 Å². The lowest BCUT2D eigenvalue weighted by atomic mass is 10.0. The number of methoxy groups -OCH3 is 2. The van der Waals surface area contributed by atoms with E-state index < -0.39 is 5.97 Å². The Labute approximate surface area is 121 Å². The van der Waals surface area contributed by atoms with Crippen molar-refractivity contribution in [2.24, 2.45) is 0 Å². The highest BCUT2D eigenvalue weighted by molar-refractivity contribution is 6.32. The minimum absolute atomic E-state index is 0.0505. The molecule has 1 aromatic rings. The van der Waals surface area contributed by atoms with Crippen LogP contribution in [0.3, 0.4) is 0 Å². The highest BCUT2D eigenvalue weighted by Gasteiger charge is 2.21. The molecule has 0 heterocycles. The van der Waals surface area contributed by atoms with E-state index in [1.54, 1.807) is 13.0 Å². The molecule has 0 radical (unpaired) electrons.